The fourth-order valence-corrected chi connectivity index (χ4v) is 5.12. The molecule has 0 aliphatic heterocycles. The Labute approximate surface area is 215 Å². The molecule has 4 aromatic carbocycles. The minimum Gasteiger partial charge on any atom is -0.255 e. The summed E-state index contributed by atoms with van der Waals surface area (Å²) in [6, 6.07) is 46.5. The van der Waals surface area contributed by atoms with Crippen LogP contribution in [-0.4, -0.2) is 14.6 Å². The first-order valence-electron chi connectivity index (χ1n) is 12.4. The van der Waals surface area contributed by atoms with Crippen LogP contribution in [0.25, 0.3) is 61.2 Å². The molecule has 3 aromatic heterocycles. The first-order valence-corrected chi connectivity index (χ1v) is 12.4. The molecule has 0 unspecified atom stereocenters. The zero-order chi connectivity index (χ0) is 24.6. The molecule has 174 valence electrons. The molecule has 0 bridgehead atoms. The van der Waals surface area contributed by atoms with Crippen molar-refractivity contribution in [1.29, 1.82) is 0 Å². The highest BCUT2D eigenvalue weighted by Crippen LogP contribution is 2.40. The highest BCUT2D eigenvalue weighted by Gasteiger charge is 2.21. The predicted molar refractivity (Wildman–Crippen MR) is 152 cm³/mol. The molecule has 0 atom stereocenters. The van der Waals surface area contributed by atoms with Crippen LogP contribution in [0.2, 0.25) is 0 Å². The number of nitrogens with zero attached hydrogens (tertiary/aromatic N) is 3. The molecule has 0 saturated carbocycles. The second-order valence-corrected chi connectivity index (χ2v) is 9.13. The van der Waals surface area contributed by atoms with Crippen LogP contribution in [0.3, 0.4) is 0 Å². The van der Waals surface area contributed by atoms with E-state index in [1.807, 2.05) is 30.5 Å². The second kappa shape index (κ2) is 8.89. The summed E-state index contributed by atoms with van der Waals surface area (Å²) in [5, 5.41) is 7.60. The van der Waals surface area contributed by atoms with E-state index in [4.69, 9.17) is 5.10 Å². The Hall–Kier alpha value is -5.02. The maximum atomic E-state index is 5.26. The molecule has 3 nitrogen and oxygen atoms in total. The lowest BCUT2D eigenvalue weighted by Crippen LogP contribution is -1.97. The molecule has 0 aliphatic carbocycles. The third kappa shape index (κ3) is 3.69. The Kier molecular flexibility index (Phi) is 5.11. The van der Waals surface area contributed by atoms with Gasteiger partial charge in [0.1, 0.15) is 5.69 Å². The van der Waals surface area contributed by atoms with Crippen molar-refractivity contribution in [2.75, 3.05) is 0 Å². The maximum absolute atomic E-state index is 5.26. The highest BCUT2D eigenvalue weighted by molar-refractivity contribution is 6.08. The third-order valence-electron chi connectivity index (χ3n) is 6.88. The van der Waals surface area contributed by atoms with Crippen LogP contribution in [0.15, 0.2) is 140 Å². The van der Waals surface area contributed by atoms with Crippen molar-refractivity contribution in [1.82, 2.24) is 14.6 Å². The van der Waals surface area contributed by atoms with Crippen LogP contribution in [0.4, 0.5) is 0 Å². The van der Waals surface area contributed by atoms with E-state index in [9.17, 15) is 0 Å². The van der Waals surface area contributed by atoms with Crippen LogP contribution in [0.1, 0.15) is 0 Å². The van der Waals surface area contributed by atoms with E-state index in [2.05, 4.69) is 119 Å². The molecule has 0 radical (unpaired) electrons. The summed E-state index contributed by atoms with van der Waals surface area (Å²) in [5.41, 5.74) is 9.66. The van der Waals surface area contributed by atoms with E-state index < -0.39 is 0 Å². The Morgan fingerprint density at radius 3 is 1.86 bits per heavy atom. The standard InChI is InChI=1S/C34H23N3/c1-3-11-24(12-4-1)25-18-20-27(21-19-25)33-32(26-13-5-2-6-14-26)34-29-16-8-7-15-28(29)23-31(37(34)36-33)30-17-9-10-22-35-30/h1-23H. The fourth-order valence-electron chi connectivity index (χ4n) is 5.12. The smallest absolute Gasteiger partial charge is 0.101 e. The van der Waals surface area contributed by atoms with Gasteiger partial charge in [0.05, 0.1) is 16.9 Å². The average molecular weight is 474 g/mol. The van der Waals surface area contributed by atoms with Crippen molar-refractivity contribution in [3.63, 3.8) is 0 Å². The summed E-state index contributed by atoms with van der Waals surface area (Å²) in [6.07, 6.45) is 1.83. The third-order valence-corrected chi connectivity index (χ3v) is 6.88. The van der Waals surface area contributed by atoms with Gasteiger partial charge in [-0.15, -0.1) is 0 Å². The largest absolute Gasteiger partial charge is 0.255 e. The number of benzene rings is 4. The zero-order valence-electron chi connectivity index (χ0n) is 20.1. The summed E-state index contributed by atoms with van der Waals surface area (Å²) in [6.45, 7) is 0. The molecule has 0 aliphatic rings. The van der Waals surface area contributed by atoms with Gasteiger partial charge >= 0.3 is 0 Å². The quantitative estimate of drug-likeness (QED) is 0.256. The lowest BCUT2D eigenvalue weighted by molar-refractivity contribution is 0.972. The van der Waals surface area contributed by atoms with Gasteiger partial charge in [-0.2, -0.15) is 5.10 Å². The second-order valence-electron chi connectivity index (χ2n) is 9.13. The normalized spacial score (nSPS) is 11.2. The molecular weight excluding hydrogens is 450 g/mol. The number of hydrogen-bond acceptors (Lipinski definition) is 2. The van der Waals surface area contributed by atoms with Gasteiger partial charge in [0.2, 0.25) is 0 Å². The van der Waals surface area contributed by atoms with Crippen molar-refractivity contribution in [2.24, 2.45) is 0 Å². The van der Waals surface area contributed by atoms with Crippen molar-refractivity contribution in [3.05, 3.63) is 140 Å². The maximum Gasteiger partial charge on any atom is 0.101 e. The molecule has 0 saturated heterocycles. The number of fused-ring (bicyclic) bond motifs is 3. The summed E-state index contributed by atoms with van der Waals surface area (Å²) in [4.78, 5) is 4.67. The van der Waals surface area contributed by atoms with E-state index in [1.54, 1.807) is 0 Å². The molecule has 0 N–H and O–H groups in total. The van der Waals surface area contributed by atoms with Crippen molar-refractivity contribution in [2.45, 2.75) is 0 Å². The molecule has 7 rings (SSSR count). The van der Waals surface area contributed by atoms with Crippen LogP contribution in [-0.2, 0) is 0 Å². The monoisotopic (exact) mass is 473 g/mol. The molecule has 0 amide bonds. The molecule has 7 aromatic rings. The van der Waals surface area contributed by atoms with Crippen molar-refractivity contribution >= 4 is 16.3 Å². The Morgan fingerprint density at radius 1 is 0.514 bits per heavy atom. The van der Waals surface area contributed by atoms with Gasteiger partial charge in [-0.05, 0) is 40.3 Å². The van der Waals surface area contributed by atoms with Crippen LogP contribution in [0, 0.1) is 0 Å². The number of aromatic nitrogens is 3. The van der Waals surface area contributed by atoms with Gasteiger partial charge in [-0.1, -0.05) is 115 Å². The van der Waals surface area contributed by atoms with E-state index in [1.165, 1.54) is 21.9 Å². The van der Waals surface area contributed by atoms with Gasteiger partial charge < -0.3 is 0 Å². The molecule has 0 fully saturated rings. The van der Waals surface area contributed by atoms with Crippen LogP contribution in [0.5, 0.6) is 0 Å². The lowest BCUT2D eigenvalue weighted by atomic mass is 9.96. The summed E-state index contributed by atoms with van der Waals surface area (Å²) < 4.78 is 2.08. The Balaban J connectivity index is 1.55. The van der Waals surface area contributed by atoms with E-state index in [0.717, 1.165) is 39.3 Å². The molecule has 3 heteroatoms. The minimum absolute atomic E-state index is 0.895. The van der Waals surface area contributed by atoms with Crippen molar-refractivity contribution < 1.29 is 0 Å². The highest BCUT2D eigenvalue weighted by atomic mass is 15.2. The van der Waals surface area contributed by atoms with E-state index in [0.29, 0.717) is 0 Å². The lowest BCUT2D eigenvalue weighted by Gasteiger charge is -2.10. The minimum atomic E-state index is 0.895. The summed E-state index contributed by atoms with van der Waals surface area (Å²) in [5.74, 6) is 0. The molecule has 37 heavy (non-hydrogen) atoms. The van der Waals surface area contributed by atoms with Gasteiger partial charge in [-0.3, -0.25) is 4.98 Å². The Bertz CT molecular complexity index is 1840. The van der Waals surface area contributed by atoms with Gasteiger partial charge in [0.15, 0.2) is 0 Å². The first kappa shape index (κ1) is 21.3. The predicted octanol–water partition coefficient (Wildman–Crippen LogP) is 8.55. The van der Waals surface area contributed by atoms with Gasteiger partial charge in [-0.25, -0.2) is 4.52 Å². The number of hydrogen-bond donors (Lipinski definition) is 0. The molecule has 0 spiro atoms. The summed E-state index contributed by atoms with van der Waals surface area (Å²) in [7, 11) is 0. The molecule has 3 heterocycles. The number of pyridine rings is 2. The molecular formula is C34H23N3. The topological polar surface area (TPSA) is 30.2 Å². The van der Waals surface area contributed by atoms with Gasteiger partial charge in [0, 0.05) is 22.7 Å². The van der Waals surface area contributed by atoms with E-state index in [-0.39, 0.29) is 0 Å². The average Bonchev–Trinajstić information content (AvgIpc) is 3.39. The van der Waals surface area contributed by atoms with Gasteiger partial charge in [0.25, 0.3) is 0 Å². The fraction of sp³-hybridized carbons (Fsp3) is 0. The van der Waals surface area contributed by atoms with Crippen molar-refractivity contribution in [3.8, 4) is 44.9 Å². The zero-order valence-corrected chi connectivity index (χ0v) is 20.1. The number of rotatable bonds is 4. The SMILES string of the molecule is c1ccc(-c2ccc(-c3nn4c(-c5ccccn5)cc5ccccc5c4c3-c3ccccc3)cc2)cc1. The first-order chi connectivity index (χ1) is 18.4. The van der Waals surface area contributed by atoms with Crippen LogP contribution >= 0.6 is 0 Å². The Morgan fingerprint density at radius 2 is 1.14 bits per heavy atom. The van der Waals surface area contributed by atoms with E-state index >= 15 is 0 Å². The van der Waals surface area contributed by atoms with Crippen LogP contribution < -0.4 is 0 Å². The summed E-state index contributed by atoms with van der Waals surface area (Å²) >= 11 is 0.